The van der Waals surface area contributed by atoms with Crippen LogP contribution in [0.5, 0.6) is 11.5 Å². The number of phenolic OH excluding ortho intramolecular Hbond substituents is 2. The van der Waals surface area contributed by atoms with Gasteiger partial charge in [0.15, 0.2) is 0 Å². The maximum atomic E-state index is 11.7. The van der Waals surface area contributed by atoms with E-state index in [-0.39, 0.29) is 23.3 Å². The lowest BCUT2D eigenvalue weighted by molar-refractivity contribution is -0.117. The third kappa shape index (κ3) is 2.07. The number of hydrogen-bond acceptors (Lipinski definition) is 3. The lowest BCUT2D eigenvalue weighted by atomic mass is 10.1. The van der Waals surface area contributed by atoms with Crippen LogP contribution in [0.15, 0.2) is 18.2 Å². The number of hydrogen-bond donors (Lipinski definition) is 2. The zero-order valence-electron chi connectivity index (χ0n) is 8.56. The van der Waals surface area contributed by atoms with Gasteiger partial charge in [0.05, 0.1) is 5.69 Å². The molecule has 1 aromatic carbocycles. The summed E-state index contributed by atoms with van der Waals surface area (Å²) in [6.07, 6.45) is 0.417. The van der Waals surface area contributed by atoms with Crippen LogP contribution < -0.4 is 4.90 Å². The highest BCUT2D eigenvalue weighted by molar-refractivity contribution is 6.18. The van der Waals surface area contributed by atoms with Crippen LogP contribution in [0.1, 0.15) is 6.42 Å². The first-order valence-corrected chi connectivity index (χ1v) is 5.53. The van der Waals surface area contributed by atoms with Crippen LogP contribution in [0, 0.1) is 5.92 Å². The van der Waals surface area contributed by atoms with Gasteiger partial charge in [-0.1, -0.05) is 0 Å². The Balaban J connectivity index is 2.27. The Labute approximate surface area is 98.1 Å². The van der Waals surface area contributed by atoms with Gasteiger partial charge in [-0.05, 0) is 5.92 Å². The van der Waals surface area contributed by atoms with Crippen molar-refractivity contribution >= 4 is 23.2 Å². The van der Waals surface area contributed by atoms with Crippen molar-refractivity contribution in [2.24, 2.45) is 5.92 Å². The number of aromatic hydroxyl groups is 2. The van der Waals surface area contributed by atoms with Gasteiger partial charge in [0, 0.05) is 37.0 Å². The van der Waals surface area contributed by atoms with Crippen molar-refractivity contribution in [3.63, 3.8) is 0 Å². The van der Waals surface area contributed by atoms with E-state index in [1.165, 1.54) is 23.1 Å². The Morgan fingerprint density at radius 1 is 1.31 bits per heavy atom. The van der Waals surface area contributed by atoms with Gasteiger partial charge in [-0.15, -0.1) is 11.6 Å². The van der Waals surface area contributed by atoms with Crippen LogP contribution in [0.3, 0.4) is 0 Å². The van der Waals surface area contributed by atoms with E-state index in [1.54, 1.807) is 0 Å². The summed E-state index contributed by atoms with van der Waals surface area (Å²) in [7, 11) is 0. The van der Waals surface area contributed by atoms with Crippen LogP contribution in [0.4, 0.5) is 5.69 Å². The predicted molar refractivity (Wildman–Crippen MR) is 61.0 cm³/mol. The largest absolute Gasteiger partial charge is 0.508 e. The lowest BCUT2D eigenvalue weighted by Crippen LogP contribution is -2.24. The van der Waals surface area contributed by atoms with E-state index in [2.05, 4.69) is 0 Å². The molecular formula is C11H12ClNO3. The third-order valence-corrected chi connectivity index (χ3v) is 3.06. The summed E-state index contributed by atoms with van der Waals surface area (Å²) in [5, 5.41) is 18.7. The highest BCUT2D eigenvalue weighted by atomic mass is 35.5. The molecule has 2 N–H and O–H groups in total. The van der Waals surface area contributed by atoms with E-state index in [0.29, 0.717) is 24.5 Å². The quantitative estimate of drug-likeness (QED) is 0.775. The molecule has 1 fully saturated rings. The lowest BCUT2D eigenvalue weighted by Gasteiger charge is -2.16. The number of alkyl halides is 1. The van der Waals surface area contributed by atoms with Crippen LogP contribution in [-0.4, -0.2) is 28.5 Å². The van der Waals surface area contributed by atoms with Gasteiger partial charge in [0.25, 0.3) is 0 Å². The summed E-state index contributed by atoms with van der Waals surface area (Å²) >= 11 is 5.71. The van der Waals surface area contributed by atoms with Crippen LogP contribution >= 0.6 is 11.6 Å². The molecule has 1 amide bonds. The van der Waals surface area contributed by atoms with Gasteiger partial charge in [0.1, 0.15) is 11.5 Å². The molecule has 1 atom stereocenters. The highest BCUT2D eigenvalue weighted by Crippen LogP contribution is 2.31. The zero-order valence-corrected chi connectivity index (χ0v) is 9.31. The third-order valence-electron chi connectivity index (χ3n) is 2.62. The van der Waals surface area contributed by atoms with Crippen molar-refractivity contribution in [1.29, 1.82) is 0 Å². The van der Waals surface area contributed by atoms with Crippen molar-refractivity contribution in [3.05, 3.63) is 18.2 Å². The summed E-state index contributed by atoms with van der Waals surface area (Å²) < 4.78 is 0. The maximum Gasteiger partial charge on any atom is 0.227 e. The molecule has 0 radical (unpaired) electrons. The first-order chi connectivity index (χ1) is 7.60. The van der Waals surface area contributed by atoms with Gasteiger partial charge in [-0.25, -0.2) is 0 Å². The van der Waals surface area contributed by atoms with Crippen molar-refractivity contribution in [2.45, 2.75) is 6.42 Å². The minimum Gasteiger partial charge on any atom is -0.508 e. The second kappa shape index (κ2) is 4.22. The van der Waals surface area contributed by atoms with Gasteiger partial charge in [-0.2, -0.15) is 0 Å². The molecule has 0 saturated carbocycles. The molecule has 5 heteroatoms. The summed E-state index contributed by atoms with van der Waals surface area (Å²) in [5.74, 6) is 0.427. The number of carbonyl (C=O) groups is 1. The normalized spacial score (nSPS) is 20.4. The number of phenols is 2. The van der Waals surface area contributed by atoms with Crippen molar-refractivity contribution < 1.29 is 15.0 Å². The van der Waals surface area contributed by atoms with Crippen molar-refractivity contribution in [1.82, 2.24) is 0 Å². The summed E-state index contributed by atoms with van der Waals surface area (Å²) in [6, 6.07) is 4.13. The Morgan fingerprint density at radius 3 is 2.44 bits per heavy atom. The van der Waals surface area contributed by atoms with E-state index in [1.807, 2.05) is 0 Å². The number of carbonyl (C=O) groups excluding carboxylic acids is 1. The molecule has 1 heterocycles. The molecule has 16 heavy (non-hydrogen) atoms. The molecule has 1 saturated heterocycles. The molecule has 1 unspecified atom stereocenters. The summed E-state index contributed by atoms with van der Waals surface area (Å²) in [5.41, 5.74) is 0.509. The van der Waals surface area contributed by atoms with Crippen LogP contribution in [0.25, 0.3) is 0 Å². The van der Waals surface area contributed by atoms with Crippen LogP contribution in [0.2, 0.25) is 0 Å². The second-order valence-electron chi connectivity index (χ2n) is 3.94. The van der Waals surface area contributed by atoms with Crippen LogP contribution in [-0.2, 0) is 4.79 Å². The molecule has 1 aliphatic heterocycles. The van der Waals surface area contributed by atoms with Gasteiger partial charge in [-0.3, -0.25) is 4.79 Å². The Morgan fingerprint density at radius 2 is 1.94 bits per heavy atom. The number of halogens is 1. The Kier molecular flexibility index (Phi) is 2.92. The monoisotopic (exact) mass is 241 g/mol. The number of anilines is 1. The number of rotatable bonds is 2. The first kappa shape index (κ1) is 11.1. The fourth-order valence-electron chi connectivity index (χ4n) is 1.87. The van der Waals surface area contributed by atoms with E-state index >= 15 is 0 Å². The minimum atomic E-state index is -0.0582. The molecule has 4 nitrogen and oxygen atoms in total. The first-order valence-electron chi connectivity index (χ1n) is 4.99. The number of benzene rings is 1. The fraction of sp³-hybridized carbons (Fsp3) is 0.364. The zero-order chi connectivity index (χ0) is 11.7. The molecule has 1 aliphatic rings. The van der Waals surface area contributed by atoms with E-state index < -0.39 is 0 Å². The molecule has 1 aromatic rings. The smallest absolute Gasteiger partial charge is 0.227 e. The molecule has 0 aromatic heterocycles. The topological polar surface area (TPSA) is 60.8 Å². The summed E-state index contributed by atoms with van der Waals surface area (Å²) in [6.45, 7) is 0.533. The van der Waals surface area contributed by atoms with E-state index in [9.17, 15) is 15.0 Å². The maximum absolute atomic E-state index is 11.7. The van der Waals surface area contributed by atoms with E-state index in [0.717, 1.165) is 0 Å². The summed E-state index contributed by atoms with van der Waals surface area (Å²) in [4.78, 5) is 13.2. The van der Waals surface area contributed by atoms with Crippen molar-refractivity contribution in [3.8, 4) is 11.5 Å². The molecule has 86 valence electrons. The second-order valence-corrected chi connectivity index (χ2v) is 4.25. The van der Waals surface area contributed by atoms with Gasteiger partial charge in [0.2, 0.25) is 5.91 Å². The molecular weight excluding hydrogens is 230 g/mol. The molecule has 0 bridgehead atoms. The Hall–Kier alpha value is -1.42. The average Bonchev–Trinajstić information content (AvgIpc) is 2.58. The number of nitrogens with zero attached hydrogens (tertiary/aromatic N) is 1. The standard InChI is InChI=1S/C11H12ClNO3/c12-5-7-1-11(16)13(6-7)8-2-9(14)4-10(15)3-8/h2-4,7,14-15H,1,5-6H2. The molecule has 0 aliphatic carbocycles. The average molecular weight is 242 g/mol. The predicted octanol–water partition coefficient (Wildman–Crippen LogP) is 1.69. The fourth-order valence-corrected chi connectivity index (χ4v) is 2.08. The van der Waals surface area contributed by atoms with E-state index in [4.69, 9.17) is 11.6 Å². The van der Waals surface area contributed by atoms with Crippen molar-refractivity contribution in [2.75, 3.05) is 17.3 Å². The molecule has 2 rings (SSSR count). The number of amides is 1. The highest BCUT2D eigenvalue weighted by Gasteiger charge is 2.30. The van der Waals surface area contributed by atoms with Gasteiger partial charge >= 0.3 is 0 Å². The van der Waals surface area contributed by atoms with Gasteiger partial charge < -0.3 is 15.1 Å². The molecule has 0 spiro atoms. The SMILES string of the molecule is O=C1CC(CCl)CN1c1cc(O)cc(O)c1. The minimum absolute atomic E-state index is 0.0318. The Bertz CT molecular complexity index is 401.